The van der Waals surface area contributed by atoms with Crippen molar-refractivity contribution >= 4 is 27.7 Å². The second kappa shape index (κ2) is 16.8. The maximum absolute atomic E-state index is 13.6. The first-order valence-corrected chi connectivity index (χ1v) is 16.5. The first kappa shape index (κ1) is 35.4. The van der Waals surface area contributed by atoms with E-state index in [1.165, 1.54) is 17.1 Å². The summed E-state index contributed by atoms with van der Waals surface area (Å²) >= 11 is 0. The van der Waals surface area contributed by atoms with Gasteiger partial charge in [-0.15, -0.1) is 0 Å². The van der Waals surface area contributed by atoms with Crippen molar-refractivity contribution in [2.45, 2.75) is 56.6 Å². The summed E-state index contributed by atoms with van der Waals surface area (Å²) in [6, 6.07) is 21.3. The summed E-state index contributed by atoms with van der Waals surface area (Å²) in [4.78, 5) is 40.8. The molecule has 0 aromatic heterocycles. The first-order valence-electron chi connectivity index (χ1n) is 15.0. The summed E-state index contributed by atoms with van der Waals surface area (Å²) in [6.07, 6.45) is 0.646. The van der Waals surface area contributed by atoms with E-state index >= 15 is 0 Å². The Morgan fingerprint density at radius 3 is 1.98 bits per heavy atom. The molecule has 0 heterocycles. The quantitative estimate of drug-likeness (QED) is 0.176. The summed E-state index contributed by atoms with van der Waals surface area (Å²) in [5.74, 6) is -1.37. The monoisotopic (exact) mass is 637 g/mol. The molecule has 12 heteroatoms. The molecule has 0 saturated heterocycles. The van der Waals surface area contributed by atoms with E-state index in [9.17, 15) is 27.9 Å². The average molecular weight is 638 g/mol. The molecule has 0 spiro atoms. The van der Waals surface area contributed by atoms with Gasteiger partial charge in [0.15, 0.2) is 0 Å². The van der Waals surface area contributed by atoms with Gasteiger partial charge in [-0.25, -0.2) is 18.6 Å². The van der Waals surface area contributed by atoms with E-state index in [-0.39, 0.29) is 41.3 Å². The molecular formula is C33H43N5O6S. The van der Waals surface area contributed by atoms with Crippen LogP contribution in [-0.2, 0) is 27.7 Å². The van der Waals surface area contributed by atoms with Crippen LogP contribution in [0.15, 0.2) is 83.8 Å². The molecule has 0 radical (unpaired) electrons. The van der Waals surface area contributed by atoms with Gasteiger partial charge in [0, 0.05) is 37.8 Å². The lowest BCUT2D eigenvalue weighted by Crippen LogP contribution is -2.52. The number of nitrogens with two attached hydrogens (primary N) is 1. The summed E-state index contributed by atoms with van der Waals surface area (Å²) < 4.78 is 24.7. The Bertz CT molecular complexity index is 1530. The van der Waals surface area contributed by atoms with Crippen LogP contribution in [0, 0.1) is 0 Å². The molecule has 0 aliphatic rings. The number of benzene rings is 3. The van der Waals surface area contributed by atoms with E-state index in [4.69, 9.17) is 5.14 Å². The fourth-order valence-electron chi connectivity index (χ4n) is 4.95. The predicted octanol–water partition coefficient (Wildman–Crippen LogP) is 2.50. The highest BCUT2D eigenvalue weighted by Crippen LogP contribution is 2.18. The van der Waals surface area contributed by atoms with Crippen LogP contribution < -0.4 is 15.9 Å². The maximum Gasteiger partial charge on any atom is 0.253 e. The average Bonchev–Trinajstić information content (AvgIpc) is 3.00. The molecule has 0 fully saturated rings. The number of hydrogen-bond donors (Lipinski definition) is 4. The molecule has 0 aliphatic carbocycles. The highest BCUT2D eigenvalue weighted by molar-refractivity contribution is 7.89. The van der Waals surface area contributed by atoms with Gasteiger partial charge in [-0.3, -0.25) is 19.8 Å². The summed E-state index contributed by atoms with van der Waals surface area (Å²) in [5.41, 5.74) is 4.34. The molecule has 45 heavy (non-hydrogen) atoms. The van der Waals surface area contributed by atoms with Gasteiger partial charge < -0.3 is 15.3 Å². The van der Waals surface area contributed by atoms with Gasteiger partial charge in [0.05, 0.1) is 23.5 Å². The molecule has 2 atom stereocenters. The number of primary sulfonamides is 1. The van der Waals surface area contributed by atoms with Crippen molar-refractivity contribution < 1.29 is 27.9 Å². The molecule has 242 valence electrons. The zero-order valence-electron chi connectivity index (χ0n) is 26.0. The van der Waals surface area contributed by atoms with E-state index in [1.807, 2.05) is 74.5 Å². The number of sulfonamides is 1. The molecule has 5 N–H and O–H groups in total. The molecule has 0 aliphatic heterocycles. The third-order valence-electron chi connectivity index (χ3n) is 7.08. The van der Waals surface area contributed by atoms with Crippen LogP contribution in [0.25, 0.3) is 0 Å². The number of aliphatic hydroxyl groups excluding tert-OH is 1. The SMILES string of the molecule is CCCN(CCC)C(=O)c1cc(C(=O)NC(Cc2ccccc2)C(O)CN(C)NC(=O)Cc2ccccc2)cc(S(N)(=O)=O)c1. The second-order valence-corrected chi connectivity index (χ2v) is 12.6. The van der Waals surface area contributed by atoms with Crippen molar-refractivity contribution in [3.05, 3.63) is 101 Å². The Labute approximate surface area is 265 Å². The van der Waals surface area contributed by atoms with Crippen molar-refractivity contribution in [2.75, 3.05) is 26.7 Å². The normalized spacial score (nSPS) is 12.8. The van der Waals surface area contributed by atoms with Crippen LogP contribution in [0.4, 0.5) is 0 Å². The van der Waals surface area contributed by atoms with Gasteiger partial charge in [-0.1, -0.05) is 74.5 Å². The highest BCUT2D eigenvalue weighted by atomic mass is 32.2. The molecule has 0 bridgehead atoms. The van der Waals surface area contributed by atoms with Crippen LogP contribution >= 0.6 is 0 Å². The summed E-state index contributed by atoms with van der Waals surface area (Å²) in [6.45, 7) is 4.77. The Morgan fingerprint density at radius 1 is 0.867 bits per heavy atom. The van der Waals surface area contributed by atoms with Crippen LogP contribution in [0.5, 0.6) is 0 Å². The minimum absolute atomic E-state index is 0.0228. The zero-order chi connectivity index (χ0) is 33.0. The molecular weight excluding hydrogens is 594 g/mol. The standard InChI is InChI=1S/C33H43N5O6S/c1-4-16-38(17-5-2)33(42)27-20-26(21-28(22-27)45(34,43)44)32(41)35-29(18-24-12-8-6-9-13-24)30(39)23-37(3)36-31(40)19-25-14-10-7-11-15-25/h6-15,20-22,29-30,39H,4-5,16-19,23H2,1-3H3,(H,35,41)(H,36,40)(H2,34,43,44). The molecule has 3 aromatic carbocycles. The number of likely N-dealkylation sites (N-methyl/N-ethyl adjacent to an activating group) is 1. The van der Waals surface area contributed by atoms with Crippen molar-refractivity contribution in [1.82, 2.24) is 20.7 Å². The molecule has 3 amide bonds. The number of hydrogen-bond acceptors (Lipinski definition) is 7. The minimum atomic E-state index is -4.26. The third kappa shape index (κ3) is 11.1. The second-order valence-electron chi connectivity index (χ2n) is 11.0. The third-order valence-corrected chi connectivity index (χ3v) is 7.97. The van der Waals surface area contributed by atoms with Crippen LogP contribution in [-0.4, -0.2) is 80.0 Å². The first-order chi connectivity index (χ1) is 21.4. The van der Waals surface area contributed by atoms with Crippen LogP contribution in [0.3, 0.4) is 0 Å². The number of nitrogens with one attached hydrogen (secondary N) is 2. The molecule has 0 saturated carbocycles. The Balaban J connectivity index is 1.85. The lowest BCUT2D eigenvalue weighted by Gasteiger charge is -2.28. The number of carbonyl (C=O) groups excluding carboxylic acids is 3. The minimum Gasteiger partial charge on any atom is -0.390 e. The lowest BCUT2D eigenvalue weighted by molar-refractivity contribution is -0.125. The number of hydrazine groups is 1. The van der Waals surface area contributed by atoms with E-state index < -0.39 is 34.0 Å². The van der Waals surface area contributed by atoms with E-state index in [1.54, 1.807) is 11.9 Å². The van der Waals surface area contributed by atoms with Gasteiger partial charge >= 0.3 is 0 Å². The van der Waals surface area contributed by atoms with Crippen molar-refractivity contribution in [3.63, 3.8) is 0 Å². The molecule has 3 aromatic rings. The number of nitrogens with zero attached hydrogens (tertiary/aromatic N) is 2. The number of rotatable bonds is 16. The van der Waals surface area contributed by atoms with Crippen LogP contribution in [0.2, 0.25) is 0 Å². The Hall–Kier alpha value is -4.10. The lowest BCUT2D eigenvalue weighted by atomic mass is 10.00. The van der Waals surface area contributed by atoms with E-state index in [2.05, 4.69) is 10.7 Å². The van der Waals surface area contributed by atoms with Gasteiger partial charge in [0.2, 0.25) is 15.9 Å². The van der Waals surface area contributed by atoms with Crippen molar-refractivity contribution in [1.29, 1.82) is 0 Å². The zero-order valence-corrected chi connectivity index (χ0v) is 26.8. The topological polar surface area (TPSA) is 162 Å². The van der Waals surface area contributed by atoms with Gasteiger partial charge in [0.25, 0.3) is 11.8 Å². The van der Waals surface area contributed by atoms with Gasteiger partial charge in [-0.05, 0) is 48.6 Å². The van der Waals surface area contributed by atoms with Gasteiger partial charge in [0.1, 0.15) is 0 Å². The van der Waals surface area contributed by atoms with Crippen LogP contribution in [0.1, 0.15) is 58.5 Å². The number of aliphatic hydroxyl groups is 1. The smallest absolute Gasteiger partial charge is 0.253 e. The highest BCUT2D eigenvalue weighted by Gasteiger charge is 2.26. The van der Waals surface area contributed by atoms with Crippen molar-refractivity contribution in [3.8, 4) is 0 Å². The Kier molecular flexibility index (Phi) is 13.2. The summed E-state index contributed by atoms with van der Waals surface area (Å²) in [7, 11) is -2.65. The summed E-state index contributed by atoms with van der Waals surface area (Å²) in [5, 5.41) is 21.0. The molecule has 3 rings (SSSR count). The largest absolute Gasteiger partial charge is 0.390 e. The van der Waals surface area contributed by atoms with E-state index in [0.717, 1.165) is 17.2 Å². The van der Waals surface area contributed by atoms with Crippen molar-refractivity contribution in [2.24, 2.45) is 5.14 Å². The fraction of sp³-hybridized carbons (Fsp3) is 0.364. The predicted molar refractivity (Wildman–Crippen MR) is 173 cm³/mol. The molecule has 11 nitrogen and oxygen atoms in total. The Morgan fingerprint density at radius 2 is 1.42 bits per heavy atom. The molecule has 2 unspecified atom stereocenters. The fourth-order valence-corrected chi connectivity index (χ4v) is 5.53. The number of amides is 3. The van der Waals surface area contributed by atoms with Gasteiger partial charge in [-0.2, -0.15) is 0 Å². The van der Waals surface area contributed by atoms with E-state index in [0.29, 0.717) is 25.9 Å². The number of carbonyl (C=O) groups is 3. The maximum atomic E-state index is 13.6.